The Morgan fingerprint density at radius 1 is 1.36 bits per heavy atom. The molecule has 0 aromatic heterocycles. The van der Waals surface area contributed by atoms with Gasteiger partial charge in [-0.05, 0) is 35.3 Å². The molecule has 14 heavy (non-hydrogen) atoms. The van der Waals surface area contributed by atoms with E-state index in [0.717, 1.165) is 0 Å². The fourth-order valence-electron chi connectivity index (χ4n) is 1.11. The van der Waals surface area contributed by atoms with Crippen LogP contribution in [0, 0.1) is 0 Å². The lowest BCUT2D eigenvalue weighted by Gasteiger charge is -2.01. The van der Waals surface area contributed by atoms with Gasteiger partial charge in [0.2, 0.25) is 0 Å². The summed E-state index contributed by atoms with van der Waals surface area (Å²) >= 11 is 16.7. The van der Waals surface area contributed by atoms with E-state index in [1.807, 2.05) is 0 Å². The number of hydrogen-bond donors (Lipinski definition) is 0. The monoisotopic (exact) mass is 252 g/mol. The minimum atomic E-state index is -0.914. The molecular weight excluding hydrogens is 250 g/mol. The van der Waals surface area contributed by atoms with Crippen molar-refractivity contribution < 1.29 is 14.3 Å². The first-order chi connectivity index (χ1) is 6.59. The number of fused-ring (bicyclic) bond motifs is 1. The number of rotatable bonds is 1. The second-order valence-corrected chi connectivity index (χ2v) is 3.62. The summed E-state index contributed by atoms with van der Waals surface area (Å²) < 4.78 is 10.1. The second kappa shape index (κ2) is 3.50. The molecule has 0 radical (unpaired) electrons. The summed E-state index contributed by atoms with van der Waals surface area (Å²) in [6.07, 6.45) is 0. The first kappa shape index (κ1) is 9.90. The Labute approximate surface area is 94.5 Å². The number of hydrogen-bond acceptors (Lipinski definition) is 3. The van der Waals surface area contributed by atoms with Gasteiger partial charge in [-0.25, -0.2) is 0 Å². The zero-order chi connectivity index (χ0) is 10.3. The Kier molecular flexibility index (Phi) is 2.47. The van der Waals surface area contributed by atoms with Gasteiger partial charge in [0.1, 0.15) is 0 Å². The molecule has 1 aliphatic rings. The standard InChI is InChI=1S/C8H3Cl3O3/c9-5-3(7(10)12)1-2-4-6(5)14-8(11)13-4/h1-2,8H. The molecular formula is C8H3Cl3O3. The van der Waals surface area contributed by atoms with E-state index in [0.29, 0.717) is 5.75 Å². The van der Waals surface area contributed by atoms with E-state index in [4.69, 9.17) is 44.3 Å². The van der Waals surface area contributed by atoms with Crippen molar-refractivity contribution in [3.8, 4) is 11.5 Å². The molecule has 0 fully saturated rings. The van der Waals surface area contributed by atoms with Gasteiger partial charge in [0.25, 0.3) is 5.24 Å². The van der Waals surface area contributed by atoms with Crippen molar-refractivity contribution in [3.63, 3.8) is 0 Å². The minimum absolute atomic E-state index is 0.116. The highest BCUT2D eigenvalue weighted by Crippen LogP contribution is 2.43. The van der Waals surface area contributed by atoms with Crippen molar-refractivity contribution in [2.75, 3.05) is 0 Å². The van der Waals surface area contributed by atoms with Crippen LogP contribution in [-0.2, 0) is 0 Å². The smallest absolute Gasteiger partial charge is 0.322 e. The summed E-state index contributed by atoms with van der Waals surface area (Å²) in [6, 6.07) is 2.98. The van der Waals surface area contributed by atoms with Crippen LogP contribution in [0.5, 0.6) is 11.5 Å². The Bertz CT molecular complexity index is 405. The fourth-order valence-corrected chi connectivity index (χ4v) is 1.79. The lowest BCUT2D eigenvalue weighted by atomic mass is 10.2. The summed E-state index contributed by atoms with van der Waals surface area (Å²) in [4.78, 5) is 10.9. The molecule has 3 nitrogen and oxygen atoms in total. The number of halogens is 3. The first-order valence-corrected chi connectivity index (χ1v) is 4.78. The molecule has 0 amide bonds. The van der Waals surface area contributed by atoms with Crippen molar-refractivity contribution in [3.05, 3.63) is 22.7 Å². The average Bonchev–Trinajstić information content (AvgIpc) is 2.46. The maximum Gasteiger partial charge on any atom is 0.322 e. The molecule has 0 saturated carbocycles. The number of alkyl halides is 1. The van der Waals surface area contributed by atoms with Crippen LogP contribution >= 0.6 is 34.8 Å². The molecule has 0 spiro atoms. The van der Waals surface area contributed by atoms with Crippen LogP contribution in [0.4, 0.5) is 0 Å². The third-order valence-corrected chi connectivity index (χ3v) is 2.46. The molecule has 6 heteroatoms. The summed E-state index contributed by atoms with van der Waals surface area (Å²) in [5, 5.41) is -0.537. The van der Waals surface area contributed by atoms with E-state index in [1.54, 1.807) is 0 Å². The van der Waals surface area contributed by atoms with Gasteiger partial charge < -0.3 is 9.47 Å². The Hall–Kier alpha value is -0.640. The van der Waals surface area contributed by atoms with Crippen molar-refractivity contribution in [2.24, 2.45) is 0 Å². The van der Waals surface area contributed by atoms with E-state index in [2.05, 4.69) is 0 Å². The summed E-state index contributed by atoms with van der Waals surface area (Å²) in [5.74, 6) is -0.266. The Morgan fingerprint density at radius 2 is 2.07 bits per heavy atom. The van der Waals surface area contributed by atoms with Crippen LogP contribution in [0.1, 0.15) is 10.4 Å². The van der Waals surface area contributed by atoms with Crippen LogP contribution in [-0.4, -0.2) is 11.0 Å². The van der Waals surface area contributed by atoms with E-state index >= 15 is 0 Å². The molecule has 1 aromatic carbocycles. The minimum Gasteiger partial charge on any atom is -0.438 e. The molecule has 1 unspecified atom stereocenters. The summed E-state index contributed by atoms with van der Waals surface area (Å²) in [5.41, 5.74) is 0.168. The van der Waals surface area contributed by atoms with Crippen molar-refractivity contribution in [2.45, 2.75) is 5.75 Å². The second-order valence-electron chi connectivity index (χ2n) is 2.54. The lowest BCUT2D eigenvalue weighted by Crippen LogP contribution is -2.07. The van der Waals surface area contributed by atoms with Crippen LogP contribution in [0.15, 0.2) is 12.1 Å². The van der Waals surface area contributed by atoms with Crippen LogP contribution in [0.2, 0.25) is 5.02 Å². The molecule has 0 saturated heterocycles. The summed E-state index contributed by atoms with van der Waals surface area (Å²) in [7, 11) is 0. The molecule has 1 atom stereocenters. The number of benzene rings is 1. The van der Waals surface area contributed by atoms with E-state index in [9.17, 15) is 4.79 Å². The maximum atomic E-state index is 10.9. The number of carbonyl (C=O) groups excluding carboxylic acids is 1. The average molecular weight is 253 g/mol. The quantitative estimate of drug-likeness (QED) is 0.570. The van der Waals surface area contributed by atoms with Crippen LogP contribution in [0.25, 0.3) is 0 Å². The molecule has 0 bridgehead atoms. The van der Waals surface area contributed by atoms with Gasteiger partial charge in [0.05, 0.1) is 10.6 Å². The topological polar surface area (TPSA) is 35.5 Å². The third kappa shape index (κ3) is 1.52. The fraction of sp³-hybridized carbons (Fsp3) is 0.125. The predicted octanol–water partition coefficient (Wildman–Crippen LogP) is 3.01. The third-order valence-electron chi connectivity index (χ3n) is 1.70. The van der Waals surface area contributed by atoms with Crippen LogP contribution < -0.4 is 9.47 Å². The number of ether oxygens (including phenoxy) is 2. The van der Waals surface area contributed by atoms with Gasteiger partial charge in [-0.2, -0.15) is 0 Å². The highest BCUT2D eigenvalue weighted by atomic mass is 35.5. The maximum absolute atomic E-state index is 10.9. The van der Waals surface area contributed by atoms with Gasteiger partial charge in [-0.1, -0.05) is 11.6 Å². The molecule has 74 valence electrons. The molecule has 1 aliphatic heterocycles. The van der Waals surface area contributed by atoms with Crippen molar-refractivity contribution in [1.82, 2.24) is 0 Å². The van der Waals surface area contributed by atoms with Gasteiger partial charge >= 0.3 is 5.75 Å². The van der Waals surface area contributed by atoms with Crippen LogP contribution in [0.3, 0.4) is 0 Å². The van der Waals surface area contributed by atoms with Gasteiger partial charge in [-0.3, -0.25) is 4.79 Å². The normalized spacial score (nSPS) is 18.4. The van der Waals surface area contributed by atoms with Gasteiger partial charge in [0.15, 0.2) is 11.5 Å². The first-order valence-electron chi connectivity index (χ1n) is 3.59. The zero-order valence-corrected chi connectivity index (χ0v) is 8.86. The molecule has 2 rings (SSSR count). The van der Waals surface area contributed by atoms with E-state index in [1.165, 1.54) is 12.1 Å². The molecule has 1 aromatic rings. The molecule has 1 heterocycles. The lowest BCUT2D eigenvalue weighted by molar-refractivity contribution is 0.108. The predicted molar refractivity (Wildman–Crippen MR) is 52.5 cm³/mol. The van der Waals surface area contributed by atoms with E-state index < -0.39 is 11.0 Å². The Balaban J connectivity index is 2.53. The van der Waals surface area contributed by atoms with Crippen molar-refractivity contribution >= 4 is 40.0 Å². The van der Waals surface area contributed by atoms with Crippen molar-refractivity contribution in [1.29, 1.82) is 0 Å². The highest BCUT2D eigenvalue weighted by molar-refractivity contribution is 6.68. The molecule has 0 aliphatic carbocycles. The zero-order valence-electron chi connectivity index (χ0n) is 6.59. The molecule has 0 N–H and O–H groups in total. The SMILES string of the molecule is O=C(Cl)c1ccc2c(c1Cl)OC(Cl)O2. The number of carbonyl (C=O) groups is 1. The van der Waals surface area contributed by atoms with Gasteiger partial charge in [-0.15, -0.1) is 0 Å². The highest BCUT2D eigenvalue weighted by Gasteiger charge is 2.27. The van der Waals surface area contributed by atoms with E-state index in [-0.39, 0.29) is 16.3 Å². The summed E-state index contributed by atoms with van der Waals surface area (Å²) in [6.45, 7) is 0. The largest absolute Gasteiger partial charge is 0.438 e. The Morgan fingerprint density at radius 3 is 2.71 bits per heavy atom. The van der Waals surface area contributed by atoms with Gasteiger partial charge in [0, 0.05) is 0 Å².